The molecule has 0 aromatic heterocycles. The van der Waals surface area contributed by atoms with E-state index >= 15 is 0 Å². The third kappa shape index (κ3) is 5.23. The Kier molecular flexibility index (Phi) is 7.42. The number of hydrogen-bond acceptors (Lipinski definition) is 6. The van der Waals surface area contributed by atoms with Crippen LogP contribution < -0.4 is 4.74 Å². The summed E-state index contributed by atoms with van der Waals surface area (Å²) in [5.41, 5.74) is 0. The minimum atomic E-state index is -3.71. The molecule has 0 bridgehead atoms. The lowest BCUT2D eigenvalue weighted by molar-refractivity contribution is -0.156. The van der Waals surface area contributed by atoms with Crippen LogP contribution in [0, 0.1) is 5.92 Å². The third-order valence-corrected chi connectivity index (χ3v) is 6.80. The van der Waals surface area contributed by atoms with Gasteiger partial charge in [-0.25, -0.2) is 8.42 Å². The lowest BCUT2D eigenvalue weighted by Crippen LogP contribution is -2.43. The van der Waals surface area contributed by atoms with Crippen LogP contribution >= 0.6 is 0 Å². The Balaban J connectivity index is 2.00. The van der Waals surface area contributed by atoms with E-state index in [2.05, 4.69) is 0 Å². The van der Waals surface area contributed by atoms with E-state index in [1.54, 1.807) is 19.2 Å². The summed E-state index contributed by atoms with van der Waals surface area (Å²) >= 11 is 0. The van der Waals surface area contributed by atoms with E-state index in [4.69, 9.17) is 9.47 Å². The summed E-state index contributed by atoms with van der Waals surface area (Å²) in [5, 5.41) is 0. The van der Waals surface area contributed by atoms with Gasteiger partial charge in [0, 0.05) is 26.2 Å². The van der Waals surface area contributed by atoms with Crippen molar-refractivity contribution in [1.82, 2.24) is 9.21 Å². The van der Waals surface area contributed by atoms with Crippen molar-refractivity contribution in [3.63, 3.8) is 0 Å². The fourth-order valence-electron chi connectivity index (χ4n) is 2.89. The van der Waals surface area contributed by atoms with Gasteiger partial charge in [-0.2, -0.15) is 4.31 Å². The van der Waals surface area contributed by atoms with Gasteiger partial charge in [-0.1, -0.05) is 0 Å². The van der Waals surface area contributed by atoms with Crippen LogP contribution in [0.2, 0.25) is 0 Å². The lowest BCUT2D eigenvalue weighted by atomic mass is 10.00. The summed E-state index contributed by atoms with van der Waals surface area (Å²) in [6.45, 7) is 3.77. The quantitative estimate of drug-likeness (QED) is 0.630. The van der Waals surface area contributed by atoms with Crippen molar-refractivity contribution in [3.05, 3.63) is 24.3 Å². The average Bonchev–Trinajstić information content (AvgIpc) is 2.71. The van der Waals surface area contributed by atoms with Gasteiger partial charge in [0.15, 0.2) is 6.61 Å². The second-order valence-corrected chi connectivity index (χ2v) is 9.02. The number of sulfonamides is 1. The molecule has 1 aromatic rings. The average molecular weight is 413 g/mol. The highest BCUT2D eigenvalue weighted by molar-refractivity contribution is 7.89. The molecular formula is C19H28N2O6S. The van der Waals surface area contributed by atoms with Gasteiger partial charge < -0.3 is 14.4 Å². The number of likely N-dealkylation sites (N-methyl/N-ethyl adjacent to an activating group) is 1. The molecule has 1 aliphatic heterocycles. The van der Waals surface area contributed by atoms with E-state index in [0.29, 0.717) is 25.1 Å². The van der Waals surface area contributed by atoms with Crippen molar-refractivity contribution >= 4 is 21.9 Å². The minimum absolute atomic E-state index is 0.00557. The smallest absolute Gasteiger partial charge is 0.310 e. The van der Waals surface area contributed by atoms with Crippen LogP contribution in [0.5, 0.6) is 5.75 Å². The van der Waals surface area contributed by atoms with E-state index < -0.39 is 21.9 Å². The molecule has 9 heteroatoms. The maximum Gasteiger partial charge on any atom is 0.310 e. The first-order valence-electron chi connectivity index (χ1n) is 9.23. The van der Waals surface area contributed by atoms with Gasteiger partial charge in [-0.05, 0) is 51.0 Å². The normalized spacial score (nSPS) is 18.0. The van der Waals surface area contributed by atoms with E-state index in [0.717, 1.165) is 0 Å². The molecule has 2 rings (SSSR count). The molecule has 156 valence electrons. The number of amides is 1. The van der Waals surface area contributed by atoms with Gasteiger partial charge in [0.1, 0.15) is 5.75 Å². The SMILES string of the molecule is COc1ccc(S(=O)(=O)N2CCCC(C(=O)OCC(=O)N(C)C(C)C)C2)cc1. The number of benzene rings is 1. The number of piperidine rings is 1. The molecule has 1 saturated heterocycles. The molecule has 28 heavy (non-hydrogen) atoms. The predicted octanol–water partition coefficient (Wildman–Crippen LogP) is 1.51. The number of carbonyl (C=O) groups is 2. The van der Waals surface area contributed by atoms with Crippen molar-refractivity contribution in [3.8, 4) is 5.75 Å². The zero-order chi connectivity index (χ0) is 20.9. The van der Waals surface area contributed by atoms with E-state index in [1.807, 2.05) is 13.8 Å². The summed E-state index contributed by atoms with van der Waals surface area (Å²) in [4.78, 5) is 26.0. The Labute approximate surface area is 166 Å². The summed E-state index contributed by atoms with van der Waals surface area (Å²) in [6, 6.07) is 6.14. The number of carbonyl (C=O) groups excluding carboxylic acids is 2. The number of hydrogen-bond donors (Lipinski definition) is 0. The van der Waals surface area contributed by atoms with Crippen molar-refractivity contribution in [2.24, 2.45) is 5.92 Å². The van der Waals surface area contributed by atoms with Crippen LogP contribution in [-0.4, -0.2) is 69.4 Å². The fourth-order valence-corrected chi connectivity index (χ4v) is 4.41. The molecule has 0 spiro atoms. The van der Waals surface area contributed by atoms with E-state index in [9.17, 15) is 18.0 Å². The van der Waals surface area contributed by atoms with Crippen molar-refractivity contribution in [1.29, 1.82) is 0 Å². The Morgan fingerprint density at radius 3 is 2.46 bits per heavy atom. The molecule has 1 aliphatic rings. The molecule has 0 N–H and O–H groups in total. The van der Waals surface area contributed by atoms with Gasteiger partial charge in [0.05, 0.1) is 17.9 Å². The minimum Gasteiger partial charge on any atom is -0.497 e. The molecule has 8 nitrogen and oxygen atoms in total. The first kappa shape index (κ1) is 22.2. The van der Waals surface area contributed by atoms with Crippen molar-refractivity contribution in [2.75, 3.05) is 33.9 Å². The monoisotopic (exact) mass is 412 g/mol. The van der Waals surface area contributed by atoms with Crippen LogP contribution in [0.4, 0.5) is 0 Å². The molecule has 1 atom stereocenters. The van der Waals surface area contributed by atoms with Crippen molar-refractivity contribution < 1.29 is 27.5 Å². The Morgan fingerprint density at radius 1 is 1.25 bits per heavy atom. The van der Waals surface area contributed by atoms with Crippen molar-refractivity contribution in [2.45, 2.75) is 37.6 Å². The standard InChI is InChI=1S/C19H28N2O6S/c1-14(2)20(3)18(22)13-27-19(23)15-6-5-11-21(12-15)28(24,25)17-9-7-16(26-4)8-10-17/h7-10,14-15H,5-6,11-13H2,1-4H3. The fraction of sp³-hybridized carbons (Fsp3) is 0.579. The van der Waals surface area contributed by atoms with Gasteiger partial charge in [0.25, 0.3) is 5.91 Å². The van der Waals surface area contributed by atoms with E-state index in [-0.39, 0.29) is 30.0 Å². The van der Waals surface area contributed by atoms with Crippen LogP contribution in [-0.2, 0) is 24.3 Å². The van der Waals surface area contributed by atoms with Gasteiger partial charge in [-0.15, -0.1) is 0 Å². The molecular weight excluding hydrogens is 384 g/mol. The Bertz CT molecular complexity index is 791. The molecule has 1 aromatic carbocycles. The molecule has 1 heterocycles. The van der Waals surface area contributed by atoms with E-state index in [1.165, 1.54) is 28.4 Å². The second kappa shape index (κ2) is 9.38. The number of ether oxygens (including phenoxy) is 2. The number of nitrogens with zero attached hydrogens (tertiary/aromatic N) is 2. The third-order valence-electron chi connectivity index (χ3n) is 4.92. The first-order chi connectivity index (χ1) is 13.2. The van der Waals surface area contributed by atoms with Crippen LogP contribution in [0.1, 0.15) is 26.7 Å². The highest BCUT2D eigenvalue weighted by Crippen LogP contribution is 2.25. The molecule has 0 aliphatic carbocycles. The zero-order valence-corrected chi connectivity index (χ0v) is 17.6. The molecule has 1 fully saturated rings. The first-order valence-corrected chi connectivity index (χ1v) is 10.7. The topological polar surface area (TPSA) is 93.2 Å². The molecule has 1 unspecified atom stereocenters. The van der Waals surface area contributed by atoms with Crippen LogP contribution in [0.3, 0.4) is 0 Å². The number of methoxy groups -OCH3 is 1. The number of rotatable bonds is 7. The summed E-state index contributed by atoms with van der Waals surface area (Å²) in [7, 11) is -0.563. The molecule has 1 amide bonds. The van der Waals surface area contributed by atoms with Gasteiger partial charge in [0.2, 0.25) is 10.0 Å². The second-order valence-electron chi connectivity index (χ2n) is 7.08. The lowest BCUT2D eigenvalue weighted by Gasteiger charge is -2.31. The maximum atomic E-state index is 12.9. The van der Waals surface area contributed by atoms with Gasteiger partial charge in [-0.3, -0.25) is 9.59 Å². The van der Waals surface area contributed by atoms with Crippen LogP contribution in [0.15, 0.2) is 29.2 Å². The zero-order valence-electron chi connectivity index (χ0n) is 16.8. The maximum absolute atomic E-state index is 12.9. The Morgan fingerprint density at radius 2 is 1.89 bits per heavy atom. The molecule has 0 saturated carbocycles. The summed E-state index contributed by atoms with van der Waals surface area (Å²) < 4.78 is 37.2. The number of esters is 1. The predicted molar refractivity (Wildman–Crippen MR) is 103 cm³/mol. The highest BCUT2D eigenvalue weighted by Gasteiger charge is 2.34. The highest BCUT2D eigenvalue weighted by atomic mass is 32.2. The van der Waals surface area contributed by atoms with Gasteiger partial charge >= 0.3 is 5.97 Å². The molecule has 0 radical (unpaired) electrons. The summed E-state index contributed by atoms with van der Waals surface area (Å²) in [5.74, 6) is -0.851. The Hall–Kier alpha value is -2.13. The van der Waals surface area contributed by atoms with Crippen LogP contribution in [0.25, 0.3) is 0 Å². The summed E-state index contributed by atoms with van der Waals surface area (Å²) in [6.07, 6.45) is 1.08. The largest absolute Gasteiger partial charge is 0.497 e.